The molecule has 0 aliphatic rings. The highest BCUT2D eigenvalue weighted by atomic mass is 35.5. The lowest BCUT2D eigenvalue weighted by Crippen LogP contribution is -2.21. The summed E-state index contributed by atoms with van der Waals surface area (Å²) in [5.41, 5.74) is -1.93. The molecule has 7 nitrogen and oxygen atoms in total. The molecule has 0 bridgehead atoms. The molecule has 0 saturated heterocycles. The van der Waals surface area contributed by atoms with Gasteiger partial charge in [0, 0.05) is 10.7 Å². The lowest BCUT2D eigenvalue weighted by molar-refractivity contribution is -0.143. The van der Waals surface area contributed by atoms with Crippen molar-refractivity contribution in [3.63, 3.8) is 0 Å². The van der Waals surface area contributed by atoms with Gasteiger partial charge < -0.3 is 5.32 Å². The molecule has 0 fully saturated rings. The molecule has 3 rings (SSSR count). The minimum absolute atomic E-state index is 0.00342. The Kier molecular flexibility index (Phi) is 5.88. The number of carbonyl (C=O) groups is 1. The second kappa shape index (κ2) is 8.09. The predicted octanol–water partition coefficient (Wildman–Crippen LogP) is 3.70. The Labute approximate surface area is 174 Å². The number of hydrogen-bond donors (Lipinski definition) is 2. The van der Waals surface area contributed by atoms with Gasteiger partial charge in [0.15, 0.2) is 5.69 Å². The second-order valence-corrected chi connectivity index (χ2v) is 8.31. The second-order valence-electron chi connectivity index (χ2n) is 5.98. The smallest absolute Gasteiger partial charge is 0.322 e. The first-order chi connectivity index (χ1) is 14.0. The number of anilines is 1. The molecule has 0 saturated carbocycles. The summed E-state index contributed by atoms with van der Waals surface area (Å²) < 4.78 is 67.6. The van der Waals surface area contributed by atoms with Crippen molar-refractivity contribution in [3.05, 3.63) is 71.0 Å². The van der Waals surface area contributed by atoms with E-state index in [2.05, 4.69) is 15.1 Å². The van der Waals surface area contributed by atoms with Gasteiger partial charge in [0.25, 0.3) is 5.91 Å². The Hall–Kier alpha value is -2.89. The third-order valence-electron chi connectivity index (χ3n) is 4.02. The fraction of sp³-hybridized carbons (Fsp3) is 0.111. The Morgan fingerprint density at radius 1 is 1.13 bits per heavy atom. The van der Waals surface area contributed by atoms with Crippen molar-refractivity contribution in [1.29, 1.82) is 0 Å². The molecule has 12 heteroatoms. The number of sulfonamides is 1. The minimum Gasteiger partial charge on any atom is -0.322 e. The van der Waals surface area contributed by atoms with Crippen molar-refractivity contribution >= 4 is 33.2 Å². The molecule has 30 heavy (non-hydrogen) atoms. The van der Waals surface area contributed by atoms with E-state index in [-0.39, 0.29) is 16.3 Å². The van der Waals surface area contributed by atoms with Crippen LogP contribution in [0.4, 0.5) is 18.9 Å². The molecule has 0 atom stereocenters. The van der Waals surface area contributed by atoms with Crippen molar-refractivity contribution in [2.45, 2.75) is 11.1 Å². The number of hydrogen-bond acceptors (Lipinski definition) is 4. The molecule has 0 aliphatic carbocycles. The fourth-order valence-electron chi connectivity index (χ4n) is 2.62. The first-order valence-corrected chi connectivity index (χ1v) is 10.1. The van der Waals surface area contributed by atoms with Crippen LogP contribution in [0.3, 0.4) is 0 Å². The van der Waals surface area contributed by atoms with Crippen molar-refractivity contribution in [1.82, 2.24) is 14.5 Å². The molecule has 3 aromatic rings. The first kappa shape index (κ1) is 21.8. The minimum atomic E-state index is -4.89. The highest BCUT2D eigenvalue weighted by molar-refractivity contribution is 7.89. The van der Waals surface area contributed by atoms with Gasteiger partial charge in [-0.15, -0.1) is 0 Å². The number of halogens is 4. The van der Waals surface area contributed by atoms with Crippen LogP contribution in [-0.2, 0) is 16.2 Å². The van der Waals surface area contributed by atoms with Crippen molar-refractivity contribution in [3.8, 4) is 5.69 Å². The van der Waals surface area contributed by atoms with Gasteiger partial charge >= 0.3 is 6.18 Å². The molecule has 1 amide bonds. The summed E-state index contributed by atoms with van der Waals surface area (Å²) in [6.45, 7) is 0. The van der Waals surface area contributed by atoms with Crippen LogP contribution < -0.4 is 10.0 Å². The summed E-state index contributed by atoms with van der Waals surface area (Å²) >= 11 is 5.77. The molecular formula is C18H14ClF3N4O3S. The lowest BCUT2D eigenvalue weighted by Gasteiger charge is -2.13. The average Bonchev–Trinajstić information content (AvgIpc) is 3.14. The molecule has 158 valence electrons. The zero-order valence-corrected chi connectivity index (χ0v) is 16.8. The highest BCUT2D eigenvalue weighted by Crippen LogP contribution is 2.34. The maximum Gasteiger partial charge on any atom is 0.434 e. The summed E-state index contributed by atoms with van der Waals surface area (Å²) in [4.78, 5) is 12.4. The Bertz CT molecular complexity index is 1190. The van der Waals surface area contributed by atoms with Crippen LogP contribution in [0.1, 0.15) is 16.1 Å². The van der Waals surface area contributed by atoms with Crippen LogP contribution in [0.5, 0.6) is 0 Å². The molecule has 0 unspecified atom stereocenters. The fourth-order valence-corrected chi connectivity index (χ4v) is 3.52. The molecular weight excluding hydrogens is 445 g/mol. The van der Waals surface area contributed by atoms with E-state index >= 15 is 0 Å². The molecule has 0 aliphatic heterocycles. The van der Waals surface area contributed by atoms with E-state index in [0.29, 0.717) is 9.70 Å². The van der Waals surface area contributed by atoms with Crippen LogP contribution in [0, 0.1) is 0 Å². The standard InChI is InChI=1S/C18H14ClF3N4O3S/c1-23-30(28,29)14-4-2-3-12(9-14)25-17(27)15-10-24-26(16(15)18(20,21)22)13-7-5-11(19)6-8-13/h2-10,23H,1H3,(H,25,27). The SMILES string of the molecule is CNS(=O)(=O)c1cccc(NC(=O)c2cnn(-c3ccc(Cl)cc3)c2C(F)(F)F)c1. The zero-order valence-electron chi connectivity index (χ0n) is 15.2. The number of rotatable bonds is 5. The van der Waals surface area contributed by atoms with Crippen molar-refractivity contribution < 1.29 is 26.4 Å². The van der Waals surface area contributed by atoms with Gasteiger partial charge in [-0.25, -0.2) is 17.8 Å². The van der Waals surface area contributed by atoms with Gasteiger partial charge in [-0.3, -0.25) is 4.79 Å². The van der Waals surface area contributed by atoms with E-state index in [1.54, 1.807) is 0 Å². The maximum atomic E-state index is 13.7. The number of nitrogens with zero attached hydrogens (tertiary/aromatic N) is 2. The molecule has 0 spiro atoms. The van der Waals surface area contributed by atoms with Crippen molar-refractivity contribution in [2.75, 3.05) is 12.4 Å². The molecule has 1 heterocycles. The maximum absolute atomic E-state index is 13.7. The lowest BCUT2D eigenvalue weighted by atomic mass is 10.2. The summed E-state index contributed by atoms with van der Waals surface area (Å²) in [6, 6.07) is 10.6. The van der Waals surface area contributed by atoms with E-state index in [0.717, 1.165) is 12.3 Å². The number of nitrogens with one attached hydrogen (secondary N) is 2. The molecule has 1 aromatic heterocycles. The van der Waals surface area contributed by atoms with Crippen LogP contribution in [0.25, 0.3) is 5.69 Å². The third-order valence-corrected chi connectivity index (χ3v) is 5.69. The van der Waals surface area contributed by atoms with Crippen LogP contribution >= 0.6 is 11.6 Å². The summed E-state index contributed by atoms with van der Waals surface area (Å²) in [6.07, 6.45) is -4.10. The Morgan fingerprint density at radius 2 is 1.80 bits per heavy atom. The van der Waals surface area contributed by atoms with Crippen LogP contribution in [0.2, 0.25) is 5.02 Å². The summed E-state index contributed by atoms with van der Waals surface area (Å²) in [5.74, 6) is -1.10. The van der Waals surface area contributed by atoms with Crippen molar-refractivity contribution in [2.24, 2.45) is 0 Å². The summed E-state index contributed by atoms with van der Waals surface area (Å²) in [5, 5.41) is 6.31. The quantitative estimate of drug-likeness (QED) is 0.609. The molecule has 0 radical (unpaired) electrons. The number of alkyl halides is 3. The molecule has 2 N–H and O–H groups in total. The number of carbonyl (C=O) groups excluding carboxylic acids is 1. The van der Waals surface area contributed by atoms with Crippen LogP contribution in [-0.4, -0.2) is 31.2 Å². The number of aromatic nitrogens is 2. The van der Waals surface area contributed by atoms with Crippen LogP contribution in [0.15, 0.2) is 59.6 Å². The Balaban J connectivity index is 1.99. The summed E-state index contributed by atoms with van der Waals surface area (Å²) in [7, 11) is -2.59. The number of benzene rings is 2. The van der Waals surface area contributed by atoms with Gasteiger partial charge in [-0.05, 0) is 49.5 Å². The van der Waals surface area contributed by atoms with E-state index < -0.39 is 33.4 Å². The molecule has 2 aromatic carbocycles. The third kappa shape index (κ3) is 4.48. The number of amides is 1. The van der Waals surface area contributed by atoms with Gasteiger partial charge in [0.1, 0.15) is 0 Å². The topological polar surface area (TPSA) is 93.1 Å². The van der Waals surface area contributed by atoms with E-state index in [1.807, 2.05) is 0 Å². The van der Waals surface area contributed by atoms with E-state index in [9.17, 15) is 26.4 Å². The largest absolute Gasteiger partial charge is 0.434 e. The van der Waals surface area contributed by atoms with E-state index in [1.165, 1.54) is 49.5 Å². The van der Waals surface area contributed by atoms with E-state index in [4.69, 9.17) is 11.6 Å². The Morgan fingerprint density at radius 3 is 2.40 bits per heavy atom. The van der Waals surface area contributed by atoms with Gasteiger partial charge in [-0.2, -0.15) is 18.3 Å². The van der Waals surface area contributed by atoms with Gasteiger partial charge in [-0.1, -0.05) is 17.7 Å². The monoisotopic (exact) mass is 458 g/mol. The van der Waals surface area contributed by atoms with Gasteiger partial charge in [0.2, 0.25) is 10.0 Å². The highest BCUT2D eigenvalue weighted by Gasteiger charge is 2.40. The first-order valence-electron chi connectivity index (χ1n) is 8.29. The van der Waals surface area contributed by atoms with Gasteiger partial charge in [0.05, 0.1) is 22.3 Å². The zero-order chi connectivity index (χ0) is 22.1. The predicted molar refractivity (Wildman–Crippen MR) is 104 cm³/mol. The normalized spacial score (nSPS) is 12.0. The average molecular weight is 459 g/mol.